The predicted octanol–water partition coefficient (Wildman–Crippen LogP) is 5.71. The molecule has 2 aromatic rings. The molecule has 0 saturated carbocycles. The van der Waals surface area contributed by atoms with Crippen LogP contribution in [0.3, 0.4) is 0 Å². The molecule has 0 saturated heterocycles. The molecule has 106 valence electrons. The maximum atomic E-state index is 14.2. The highest BCUT2D eigenvalue weighted by Gasteiger charge is 2.08. The number of aryl methyl sites for hydroxylation is 3. The van der Waals surface area contributed by atoms with Crippen molar-refractivity contribution in [2.75, 3.05) is 0 Å². The first-order chi connectivity index (χ1) is 9.63. The third-order valence-electron chi connectivity index (χ3n) is 3.57. The second-order valence-electron chi connectivity index (χ2n) is 5.52. The van der Waals surface area contributed by atoms with Crippen LogP contribution in [0.25, 0.3) is 11.1 Å². The Bertz CT molecular complexity index is 560. The van der Waals surface area contributed by atoms with Crippen molar-refractivity contribution in [1.82, 2.24) is 0 Å². The van der Waals surface area contributed by atoms with E-state index < -0.39 is 0 Å². The van der Waals surface area contributed by atoms with E-state index in [0.717, 1.165) is 36.8 Å². The summed E-state index contributed by atoms with van der Waals surface area (Å²) in [6, 6.07) is 12.0. The van der Waals surface area contributed by atoms with E-state index in [-0.39, 0.29) is 5.82 Å². The van der Waals surface area contributed by atoms with Gasteiger partial charge in [-0.1, -0.05) is 57.0 Å². The number of halogens is 1. The molecule has 0 spiro atoms. The second-order valence-corrected chi connectivity index (χ2v) is 5.52. The van der Waals surface area contributed by atoms with Crippen molar-refractivity contribution in [2.24, 2.45) is 0 Å². The van der Waals surface area contributed by atoms with E-state index in [1.165, 1.54) is 11.1 Å². The van der Waals surface area contributed by atoms with Gasteiger partial charge in [-0.25, -0.2) is 4.39 Å². The van der Waals surface area contributed by atoms with E-state index in [1.54, 1.807) is 6.07 Å². The summed E-state index contributed by atoms with van der Waals surface area (Å²) in [5, 5.41) is 0. The summed E-state index contributed by atoms with van der Waals surface area (Å²) in [5.74, 6) is -0.124. The first kappa shape index (κ1) is 14.8. The van der Waals surface area contributed by atoms with Gasteiger partial charge in [-0.15, -0.1) is 0 Å². The lowest BCUT2D eigenvalue weighted by Gasteiger charge is -2.10. The predicted molar refractivity (Wildman–Crippen MR) is 84.6 cm³/mol. The summed E-state index contributed by atoms with van der Waals surface area (Å²) >= 11 is 0. The van der Waals surface area contributed by atoms with Gasteiger partial charge in [0.05, 0.1) is 0 Å². The van der Waals surface area contributed by atoms with Crippen molar-refractivity contribution in [3.05, 3.63) is 58.9 Å². The first-order valence-electron chi connectivity index (χ1n) is 7.53. The van der Waals surface area contributed by atoms with Gasteiger partial charge in [0.15, 0.2) is 0 Å². The van der Waals surface area contributed by atoms with Gasteiger partial charge < -0.3 is 0 Å². The maximum Gasteiger partial charge on any atom is 0.131 e. The lowest BCUT2D eigenvalue weighted by Crippen LogP contribution is -1.93. The molecule has 0 atom stereocenters. The van der Waals surface area contributed by atoms with Gasteiger partial charge in [0.25, 0.3) is 0 Å². The molecule has 20 heavy (non-hydrogen) atoms. The Morgan fingerprint density at radius 1 is 0.850 bits per heavy atom. The molecule has 0 heterocycles. The molecule has 0 unspecified atom stereocenters. The number of hydrogen-bond donors (Lipinski definition) is 0. The molecule has 0 aliphatic rings. The lowest BCUT2D eigenvalue weighted by atomic mass is 9.95. The molecule has 0 aliphatic heterocycles. The van der Waals surface area contributed by atoms with Crippen LogP contribution in [0.1, 0.15) is 43.4 Å². The van der Waals surface area contributed by atoms with Crippen LogP contribution >= 0.6 is 0 Å². The van der Waals surface area contributed by atoms with Crippen molar-refractivity contribution in [2.45, 2.75) is 46.5 Å². The van der Waals surface area contributed by atoms with Gasteiger partial charge in [-0.05, 0) is 48.1 Å². The van der Waals surface area contributed by atoms with E-state index in [1.807, 2.05) is 19.1 Å². The highest BCUT2D eigenvalue weighted by molar-refractivity contribution is 5.66. The van der Waals surface area contributed by atoms with Crippen molar-refractivity contribution in [3.63, 3.8) is 0 Å². The lowest BCUT2D eigenvalue weighted by molar-refractivity contribution is 0.630. The van der Waals surface area contributed by atoms with Gasteiger partial charge in [0, 0.05) is 5.56 Å². The van der Waals surface area contributed by atoms with Crippen molar-refractivity contribution >= 4 is 0 Å². The summed E-state index contributed by atoms with van der Waals surface area (Å²) in [5.41, 5.74) is 5.31. The summed E-state index contributed by atoms with van der Waals surface area (Å²) in [6.45, 7) is 6.28. The summed E-state index contributed by atoms with van der Waals surface area (Å²) in [7, 11) is 0. The molecule has 0 fully saturated rings. The summed E-state index contributed by atoms with van der Waals surface area (Å²) in [4.78, 5) is 0. The molecule has 0 bridgehead atoms. The Kier molecular flexibility index (Phi) is 4.94. The zero-order chi connectivity index (χ0) is 14.5. The van der Waals surface area contributed by atoms with Crippen LogP contribution in [0.2, 0.25) is 0 Å². The monoisotopic (exact) mass is 270 g/mol. The smallest absolute Gasteiger partial charge is 0.131 e. The molecular weight excluding hydrogens is 247 g/mol. The molecule has 2 aromatic carbocycles. The van der Waals surface area contributed by atoms with Crippen LogP contribution in [0.4, 0.5) is 4.39 Å². The van der Waals surface area contributed by atoms with Crippen molar-refractivity contribution < 1.29 is 4.39 Å². The van der Waals surface area contributed by atoms with E-state index in [2.05, 4.69) is 32.0 Å². The Balaban J connectivity index is 2.48. The summed E-state index contributed by atoms with van der Waals surface area (Å²) in [6.07, 6.45) is 4.34. The standard InChI is InChI=1S/C19H23F/c1-4-6-15-11-16(7-5-2)13-17(12-15)18-9-8-14(3)10-19(18)20/h8-13H,4-7H2,1-3H3. The van der Waals surface area contributed by atoms with Crippen LogP contribution in [0.5, 0.6) is 0 Å². The SMILES string of the molecule is CCCc1cc(CCC)cc(-c2ccc(C)cc2F)c1. The fourth-order valence-electron chi connectivity index (χ4n) is 2.64. The second kappa shape index (κ2) is 6.69. The minimum atomic E-state index is -0.124. The van der Waals surface area contributed by atoms with Gasteiger partial charge >= 0.3 is 0 Å². The molecule has 0 N–H and O–H groups in total. The number of rotatable bonds is 5. The van der Waals surface area contributed by atoms with Crippen LogP contribution in [-0.4, -0.2) is 0 Å². The quantitative estimate of drug-likeness (QED) is 0.653. The van der Waals surface area contributed by atoms with E-state index in [9.17, 15) is 4.39 Å². The van der Waals surface area contributed by atoms with E-state index in [4.69, 9.17) is 0 Å². The van der Waals surface area contributed by atoms with Crippen molar-refractivity contribution in [1.29, 1.82) is 0 Å². The first-order valence-corrected chi connectivity index (χ1v) is 7.53. The highest BCUT2D eigenvalue weighted by atomic mass is 19.1. The van der Waals surface area contributed by atoms with E-state index in [0.29, 0.717) is 5.56 Å². The maximum absolute atomic E-state index is 14.2. The molecule has 2 rings (SSSR count). The molecule has 0 radical (unpaired) electrons. The van der Waals surface area contributed by atoms with Crippen LogP contribution in [-0.2, 0) is 12.8 Å². The topological polar surface area (TPSA) is 0 Å². The zero-order valence-electron chi connectivity index (χ0n) is 12.7. The Morgan fingerprint density at radius 2 is 1.45 bits per heavy atom. The average molecular weight is 270 g/mol. The zero-order valence-corrected chi connectivity index (χ0v) is 12.7. The molecule has 1 heteroatoms. The van der Waals surface area contributed by atoms with Gasteiger partial charge in [0.1, 0.15) is 5.82 Å². The van der Waals surface area contributed by atoms with Crippen LogP contribution < -0.4 is 0 Å². The highest BCUT2D eigenvalue weighted by Crippen LogP contribution is 2.27. The molecule has 0 amide bonds. The Morgan fingerprint density at radius 3 is 1.95 bits per heavy atom. The largest absolute Gasteiger partial charge is 0.206 e. The van der Waals surface area contributed by atoms with Crippen molar-refractivity contribution in [3.8, 4) is 11.1 Å². The summed E-state index contributed by atoms with van der Waals surface area (Å²) < 4.78 is 14.2. The molecule has 0 nitrogen and oxygen atoms in total. The van der Waals surface area contributed by atoms with Crippen LogP contribution in [0.15, 0.2) is 36.4 Å². The number of benzene rings is 2. The molecule has 0 aromatic heterocycles. The minimum absolute atomic E-state index is 0.124. The van der Waals surface area contributed by atoms with Crippen LogP contribution in [0, 0.1) is 12.7 Å². The van der Waals surface area contributed by atoms with Gasteiger partial charge in [-0.2, -0.15) is 0 Å². The molecule has 0 aliphatic carbocycles. The van der Waals surface area contributed by atoms with Gasteiger partial charge in [0.2, 0.25) is 0 Å². The third kappa shape index (κ3) is 3.47. The minimum Gasteiger partial charge on any atom is -0.206 e. The normalized spacial score (nSPS) is 10.8. The van der Waals surface area contributed by atoms with E-state index >= 15 is 0 Å². The third-order valence-corrected chi connectivity index (χ3v) is 3.57. The fourth-order valence-corrected chi connectivity index (χ4v) is 2.64. The van der Waals surface area contributed by atoms with Gasteiger partial charge in [-0.3, -0.25) is 0 Å². The molecular formula is C19H23F. The number of hydrogen-bond acceptors (Lipinski definition) is 0. The Labute approximate surface area is 121 Å². The Hall–Kier alpha value is -1.63. The fraction of sp³-hybridized carbons (Fsp3) is 0.368. The average Bonchev–Trinajstić information content (AvgIpc) is 2.39.